The van der Waals surface area contributed by atoms with E-state index < -0.39 is 164 Å². The minimum absolute atomic E-state index is 0.00410. The Morgan fingerprint density at radius 3 is 1.62 bits per heavy atom. The van der Waals surface area contributed by atoms with Gasteiger partial charge in [-0.05, 0) is 49.3 Å². The van der Waals surface area contributed by atoms with E-state index in [0.717, 1.165) is 49.8 Å². The van der Waals surface area contributed by atoms with E-state index in [4.69, 9.17) is 17.2 Å². The number of phenolic OH excluding ortho intramolecular Hbond substituents is 1. The zero-order chi connectivity index (χ0) is 56.5. The van der Waals surface area contributed by atoms with Crippen LogP contribution in [0.25, 0.3) is 0 Å². The van der Waals surface area contributed by atoms with E-state index in [-0.39, 0.29) is 38.0 Å². The Labute approximate surface area is 440 Å². The summed E-state index contributed by atoms with van der Waals surface area (Å²) in [5, 5.41) is 46.9. The van der Waals surface area contributed by atoms with Crippen molar-refractivity contribution in [2.24, 2.45) is 23.1 Å². The summed E-state index contributed by atoms with van der Waals surface area (Å²) < 4.78 is 0. The molecule has 8 atom stereocenters. The minimum Gasteiger partial charge on any atom is -0.508 e. The van der Waals surface area contributed by atoms with E-state index in [9.17, 15) is 72.9 Å². The van der Waals surface area contributed by atoms with Gasteiger partial charge in [0.05, 0.1) is 25.9 Å². The fourth-order valence-electron chi connectivity index (χ4n) is 8.89. The van der Waals surface area contributed by atoms with E-state index in [0.29, 0.717) is 24.3 Å². The van der Waals surface area contributed by atoms with E-state index in [2.05, 4.69) is 51.1 Å². The van der Waals surface area contributed by atoms with Gasteiger partial charge in [0.15, 0.2) is 0 Å². The summed E-state index contributed by atoms with van der Waals surface area (Å²) in [6.45, 7) is 3.24. The summed E-state index contributed by atoms with van der Waals surface area (Å²) in [7, 11) is 0. The van der Waals surface area contributed by atoms with Crippen LogP contribution in [0.3, 0.4) is 0 Å². The van der Waals surface area contributed by atoms with Crippen LogP contribution in [0.15, 0.2) is 24.3 Å². The Kier molecular flexibility index (Phi) is 26.6. The number of hydrogen-bond donors (Lipinski definition) is 13. The maximum absolute atomic E-state index is 14.3. The number of amides is 11. The first kappa shape index (κ1) is 62.9. The van der Waals surface area contributed by atoms with Crippen LogP contribution >= 0.6 is 0 Å². The number of phenols is 1. The highest BCUT2D eigenvalue weighted by Gasteiger charge is 2.41. The first-order chi connectivity index (χ1) is 36.0. The molecular formula is C50H77N11O15. The fraction of sp³-hybridized carbons (Fsp3) is 0.640. The second-order valence-corrected chi connectivity index (χ2v) is 19.8. The van der Waals surface area contributed by atoms with Crippen LogP contribution in [0.2, 0.25) is 0 Å². The second kappa shape index (κ2) is 32.1. The summed E-state index contributed by atoms with van der Waals surface area (Å²) in [4.78, 5) is 162. The van der Waals surface area contributed by atoms with Crippen molar-refractivity contribution >= 4 is 70.9 Å². The number of carbonyl (C=O) groups is 12. The summed E-state index contributed by atoms with van der Waals surface area (Å²) in [6, 6.07) is -7.69. The Morgan fingerprint density at radius 1 is 0.592 bits per heavy atom. The largest absolute Gasteiger partial charge is 0.508 e. The molecule has 3 rings (SSSR count). The molecule has 16 N–H and O–H groups in total. The van der Waals surface area contributed by atoms with Crippen LogP contribution in [0.4, 0.5) is 0 Å². The van der Waals surface area contributed by atoms with Crippen LogP contribution in [0, 0.1) is 5.92 Å². The molecule has 1 aromatic carbocycles. The number of fused-ring (bicyclic) bond motifs is 1. The van der Waals surface area contributed by atoms with Crippen LogP contribution in [0.5, 0.6) is 5.75 Å². The summed E-state index contributed by atoms with van der Waals surface area (Å²) in [5.41, 5.74) is 16.6. The third kappa shape index (κ3) is 22.6. The molecule has 0 bridgehead atoms. The minimum atomic E-state index is -1.88. The number of carboxylic acid groups (broad SMARTS) is 1. The lowest BCUT2D eigenvalue weighted by atomic mass is 10.0. The first-order valence-corrected chi connectivity index (χ1v) is 25.8. The smallest absolute Gasteiger partial charge is 0.305 e. The van der Waals surface area contributed by atoms with Gasteiger partial charge in [0.1, 0.15) is 48.0 Å². The van der Waals surface area contributed by atoms with E-state index >= 15 is 0 Å². The van der Waals surface area contributed by atoms with Crippen LogP contribution in [-0.4, -0.2) is 153 Å². The third-order valence-electron chi connectivity index (χ3n) is 12.9. The van der Waals surface area contributed by atoms with Gasteiger partial charge in [0.2, 0.25) is 65.0 Å². The fourth-order valence-corrected chi connectivity index (χ4v) is 8.89. The lowest BCUT2D eigenvalue weighted by Gasteiger charge is -2.31. The standard InChI is InChI=1S/C50H77N11O15/c1-28(2)12-9-7-5-3-4-6-8-10-13-30-23-42(67)55-36(26-43(68)69)47(73)57-33(22-29-15-17-31(63)18-16-29)44(70)58-34(24-40(52)65)45(71)56-32(19-20-39(51)64)50(76)61-21-11-14-38(61)49(75)59-35(25-41(53)66)46(72)60-37(27-62)48(74)54-30/h15-18,28,30,32-38,62-63H,3-14,19-27H2,1-2H3,(H2,51,64)(H2,52,65)(H2,53,66)(H,54,74)(H,55,67)(H,56,71)(H,57,73)(H,58,70)(H,59,75)(H,60,72)(H,68,69)/t30-,32+,33+,34+,35+,36+,37+,38+/m1/s1. The molecule has 0 saturated carbocycles. The number of aliphatic hydroxyl groups is 1. The van der Waals surface area contributed by atoms with Crippen molar-refractivity contribution in [2.75, 3.05) is 13.2 Å². The number of carboxylic acids is 1. The maximum atomic E-state index is 14.3. The molecular weight excluding hydrogens is 995 g/mol. The molecule has 2 heterocycles. The van der Waals surface area contributed by atoms with Crippen molar-refractivity contribution in [3.63, 3.8) is 0 Å². The number of benzene rings is 1. The molecule has 0 aromatic heterocycles. The molecule has 26 heteroatoms. The van der Waals surface area contributed by atoms with Gasteiger partial charge in [0, 0.05) is 31.8 Å². The number of aliphatic hydroxyl groups excluding tert-OH is 1. The highest BCUT2D eigenvalue weighted by atomic mass is 16.4. The molecule has 0 radical (unpaired) electrons. The molecule has 2 aliphatic heterocycles. The van der Waals surface area contributed by atoms with Crippen LogP contribution in [0.1, 0.15) is 135 Å². The molecule has 0 aliphatic carbocycles. The lowest BCUT2D eigenvalue weighted by Crippen LogP contribution is -2.60. The monoisotopic (exact) mass is 1070 g/mol. The zero-order valence-electron chi connectivity index (χ0n) is 43.3. The number of nitrogens with one attached hydrogen (secondary N) is 7. The van der Waals surface area contributed by atoms with Crippen molar-refractivity contribution in [3.8, 4) is 5.75 Å². The number of carbonyl (C=O) groups excluding carboxylic acids is 11. The summed E-state index contributed by atoms with van der Waals surface area (Å²) in [5.74, 6) is -12.7. The number of nitrogens with zero attached hydrogens (tertiary/aromatic N) is 1. The number of unbranched alkanes of at least 4 members (excludes halogenated alkanes) is 7. The third-order valence-corrected chi connectivity index (χ3v) is 12.9. The number of aromatic hydroxyl groups is 1. The SMILES string of the molecule is CC(C)CCCCCCCCCC[C@@H]1CC(=O)N[C@@H](CC(=O)O)C(=O)N[C@@H](Cc2ccc(O)cc2)C(=O)N[C@@H](CC(N)=O)C(=O)N[C@@H](CCC(N)=O)C(=O)N2CCC[C@H]2C(=O)N[C@@H](CC(N)=O)C(=O)N[C@@H](CO)C(=O)N1. The molecule has 2 saturated heterocycles. The predicted octanol–water partition coefficient (Wildman–Crippen LogP) is -2.24. The van der Waals surface area contributed by atoms with E-state index in [1.807, 2.05) is 0 Å². The normalized spacial score (nSPS) is 23.8. The van der Waals surface area contributed by atoms with Crippen molar-refractivity contribution < 1.29 is 72.9 Å². The first-order valence-electron chi connectivity index (χ1n) is 25.8. The van der Waals surface area contributed by atoms with Gasteiger partial charge in [-0.2, -0.15) is 0 Å². The molecule has 0 unspecified atom stereocenters. The average Bonchev–Trinajstić information content (AvgIpc) is 3.84. The van der Waals surface area contributed by atoms with Crippen molar-refractivity contribution in [2.45, 2.75) is 184 Å². The zero-order valence-corrected chi connectivity index (χ0v) is 43.3. The second-order valence-electron chi connectivity index (χ2n) is 19.8. The summed E-state index contributed by atoms with van der Waals surface area (Å²) >= 11 is 0. The topological polar surface area (TPSA) is 431 Å². The van der Waals surface area contributed by atoms with Crippen LogP contribution in [-0.2, 0) is 64.0 Å². The highest BCUT2D eigenvalue weighted by Crippen LogP contribution is 2.21. The van der Waals surface area contributed by atoms with Gasteiger partial charge in [-0.1, -0.05) is 83.8 Å². The quantitative estimate of drug-likeness (QED) is 0.0516. The van der Waals surface area contributed by atoms with E-state index in [1.54, 1.807) is 0 Å². The van der Waals surface area contributed by atoms with Gasteiger partial charge < -0.3 is 74.6 Å². The molecule has 0 spiro atoms. The van der Waals surface area contributed by atoms with Crippen molar-refractivity contribution in [3.05, 3.63) is 29.8 Å². The molecule has 1 aromatic rings. The van der Waals surface area contributed by atoms with Crippen molar-refractivity contribution in [1.82, 2.24) is 42.1 Å². The van der Waals surface area contributed by atoms with Crippen LogP contribution < -0.4 is 54.4 Å². The maximum Gasteiger partial charge on any atom is 0.305 e. The van der Waals surface area contributed by atoms with Crippen molar-refractivity contribution in [1.29, 1.82) is 0 Å². The molecule has 2 aliphatic rings. The Morgan fingerprint density at radius 2 is 1.08 bits per heavy atom. The Bertz CT molecular complexity index is 2210. The lowest BCUT2D eigenvalue weighted by molar-refractivity contribution is -0.143. The van der Waals surface area contributed by atoms with Gasteiger partial charge in [-0.25, -0.2) is 0 Å². The number of nitrogens with two attached hydrogens (primary N) is 3. The average molecular weight is 1070 g/mol. The molecule has 422 valence electrons. The number of aliphatic carboxylic acids is 1. The number of rotatable bonds is 23. The summed E-state index contributed by atoms with van der Waals surface area (Å²) in [6.07, 6.45) is 4.15. The van der Waals surface area contributed by atoms with Gasteiger partial charge >= 0.3 is 5.97 Å². The highest BCUT2D eigenvalue weighted by molar-refractivity contribution is 6.00. The Hall–Kier alpha value is -7.38. The predicted molar refractivity (Wildman–Crippen MR) is 271 cm³/mol. The molecule has 11 amide bonds. The molecule has 76 heavy (non-hydrogen) atoms. The Balaban J connectivity index is 2.10. The molecule has 26 nitrogen and oxygen atoms in total. The number of hydrogen-bond acceptors (Lipinski definition) is 14. The van der Waals surface area contributed by atoms with Gasteiger partial charge in [0.25, 0.3) is 0 Å². The van der Waals surface area contributed by atoms with Gasteiger partial charge in [-0.3, -0.25) is 57.5 Å². The number of primary amides is 3. The van der Waals surface area contributed by atoms with E-state index in [1.165, 1.54) is 24.3 Å². The van der Waals surface area contributed by atoms with Gasteiger partial charge in [-0.15, -0.1) is 0 Å². The molecule has 2 fully saturated rings.